The average Bonchev–Trinajstić information content (AvgIpc) is 3.11. The van der Waals surface area contributed by atoms with Gasteiger partial charge in [-0.1, -0.05) is 6.07 Å². The van der Waals surface area contributed by atoms with Gasteiger partial charge in [0, 0.05) is 24.5 Å². The first-order valence-corrected chi connectivity index (χ1v) is 8.15. The number of aromatic nitrogens is 1. The van der Waals surface area contributed by atoms with Crippen molar-refractivity contribution >= 4 is 11.3 Å². The van der Waals surface area contributed by atoms with Gasteiger partial charge in [0.15, 0.2) is 0 Å². The third-order valence-corrected chi connectivity index (χ3v) is 4.80. The summed E-state index contributed by atoms with van der Waals surface area (Å²) in [5.74, 6) is 0. The van der Waals surface area contributed by atoms with Gasteiger partial charge in [-0.3, -0.25) is 9.88 Å². The van der Waals surface area contributed by atoms with Crippen LogP contribution in [-0.2, 0) is 0 Å². The third-order valence-electron chi connectivity index (χ3n) is 4.10. The van der Waals surface area contributed by atoms with Crippen LogP contribution in [0.15, 0.2) is 41.4 Å². The van der Waals surface area contributed by atoms with E-state index in [0.717, 1.165) is 6.54 Å². The van der Waals surface area contributed by atoms with Gasteiger partial charge in [-0.25, -0.2) is 0 Å². The molecular weight excluding hydrogens is 266 g/mol. The van der Waals surface area contributed by atoms with Gasteiger partial charge in [0.05, 0.1) is 6.04 Å². The molecule has 0 saturated carbocycles. The summed E-state index contributed by atoms with van der Waals surface area (Å²) in [7, 11) is 0. The molecule has 1 fully saturated rings. The summed E-state index contributed by atoms with van der Waals surface area (Å²) < 4.78 is 0. The van der Waals surface area contributed by atoms with Crippen molar-refractivity contribution in [1.82, 2.24) is 9.88 Å². The SMILES string of the molecule is CC(N)C(c1ccsc1)N1CCCC1c1cccnc1. The predicted molar refractivity (Wildman–Crippen MR) is 83.6 cm³/mol. The molecule has 2 aromatic heterocycles. The van der Waals surface area contributed by atoms with Crippen LogP contribution in [0.3, 0.4) is 0 Å². The Balaban J connectivity index is 1.90. The second-order valence-corrected chi connectivity index (χ2v) is 6.32. The Morgan fingerprint density at radius 2 is 2.35 bits per heavy atom. The molecule has 0 spiro atoms. The maximum absolute atomic E-state index is 6.30. The van der Waals surface area contributed by atoms with Crippen molar-refractivity contribution in [3.05, 3.63) is 52.5 Å². The molecule has 3 unspecified atom stereocenters. The molecule has 0 bridgehead atoms. The topological polar surface area (TPSA) is 42.1 Å². The Labute approximate surface area is 124 Å². The molecule has 0 aliphatic carbocycles. The van der Waals surface area contributed by atoms with Gasteiger partial charge in [0.25, 0.3) is 0 Å². The van der Waals surface area contributed by atoms with E-state index < -0.39 is 0 Å². The molecule has 106 valence electrons. The van der Waals surface area contributed by atoms with Crippen LogP contribution in [0.25, 0.3) is 0 Å². The average molecular weight is 287 g/mol. The number of likely N-dealkylation sites (tertiary alicyclic amines) is 1. The predicted octanol–water partition coefficient (Wildman–Crippen LogP) is 3.37. The van der Waals surface area contributed by atoms with E-state index in [1.165, 1.54) is 24.0 Å². The third kappa shape index (κ3) is 2.64. The second-order valence-electron chi connectivity index (χ2n) is 5.54. The molecule has 2 aromatic rings. The molecule has 0 aromatic carbocycles. The molecule has 0 amide bonds. The van der Waals surface area contributed by atoms with Crippen molar-refractivity contribution < 1.29 is 0 Å². The van der Waals surface area contributed by atoms with E-state index in [1.54, 1.807) is 11.3 Å². The lowest BCUT2D eigenvalue weighted by Crippen LogP contribution is -2.39. The van der Waals surface area contributed by atoms with Gasteiger partial charge < -0.3 is 5.73 Å². The van der Waals surface area contributed by atoms with Crippen molar-refractivity contribution in [1.29, 1.82) is 0 Å². The molecule has 3 rings (SSSR count). The normalized spacial score (nSPS) is 22.8. The van der Waals surface area contributed by atoms with Crippen LogP contribution in [0.5, 0.6) is 0 Å². The molecule has 1 saturated heterocycles. The minimum Gasteiger partial charge on any atom is -0.326 e. The molecule has 3 atom stereocenters. The van der Waals surface area contributed by atoms with Gasteiger partial charge >= 0.3 is 0 Å². The van der Waals surface area contributed by atoms with Crippen molar-refractivity contribution in [2.45, 2.75) is 37.9 Å². The van der Waals surface area contributed by atoms with E-state index in [4.69, 9.17) is 5.73 Å². The van der Waals surface area contributed by atoms with Crippen LogP contribution in [0.2, 0.25) is 0 Å². The van der Waals surface area contributed by atoms with Crippen molar-refractivity contribution in [2.75, 3.05) is 6.54 Å². The van der Waals surface area contributed by atoms with E-state index >= 15 is 0 Å². The van der Waals surface area contributed by atoms with Crippen LogP contribution in [0.1, 0.15) is 43.0 Å². The van der Waals surface area contributed by atoms with Gasteiger partial charge in [-0.05, 0) is 60.3 Å². The van der Waals surface area contributed by atoms with Gasteiger partial charge in [0.1, 0.15) is 0 Å². The fourth-order valence-corrected chi connectivity index (χ4v) is 3.98. The minimum atomic E-state index is 0.127. The summed E-state index contributed by atoms with van der Waals surface area (Å²) in [5.41, 5.74) is 8.95. The van der Waals surface area contributed by atoms with E-state index in [9.17, 15) is 0 Å². The number of nitrogens with zero attached hydrogens (tertiary/aromatic N) is 2. The second kappa shape index (κ2) is 6.04. The van der Waals surface area contributed by atoms with Crippen LogP contribution in [0.4, 0.5) is 0 Å². The Kier molecular flexibility index (Phi) is 4.15. The molecule has 0 radical (unpaired) electrons. The highest BCUT2D eigenvalue weighted by molar-refractivity contribution is 7.07. The first kappa shape index (κ1) is 13.7. The van der Waals surface area contributed by atoms with Crippen molar-refractivity contribution in [3.8, 4) is 0 Å². The van der Waals surface area contributed by atoms with Crippen LogP contribution >= 0.6 is 11.3 Å². The molecular formula is C16H21N3S. The molecule has 1 aliphatic heterocycles. The Morgan fingerprint density at radius 1 is 1.45 bits per heavy atom. The lowest BCUT2D eigenvalue weighted by molar-refractivity contribution is 0.161. The Bertz CT molecular complexity index is 524. The lowest BCUT2D eigenvalue weighted by Gasteiger charge is -2.35. The first-order chi connectivity index (χ1) is 9.77. The fourth-order valence-electron chi connectivity index (χ4n) is 3.29. The smallest absolute Gasteiger partial charge is 0.0510 e. The molecule has 3 nitrogen and oxygen atoms in total. The molecule has 4 heteroatoms. The quantitative estimate of drug-likeness (QED) is 0.937. The molecule has 1 aliphatic rings. The number of hydrogen-bond acceptors (Lipinski definition) is 4. The largest absolute Gasteiger partial charge is 0.326 e. The maximum Gasteiger partial charge on any atom is 0.0510 e. The van der Waals surface area contributed by atoms with E-state index in [1.807, 2.05) is 18.5 Å². The standard InChI is InChI=1S/C16H21N3S/c1-12(17)16(14-6-9-20-11-14)19-8-3-5-15(19)13-4-2-7-18-10-13/h2,4,6-7,9-12,15-16H,3,5,8,17H2,1H3. The van der Waals surface area contributed by atoms with Crippen molar-refractivity contribution in [3.63, 3.8) is 0 Å². The lowest BCUT2D eigenvalue weighted by atomic mass is 9.99. The van der Waals surface area contributed by atoms with E-state index in [-0.39, 0.29) is 6.04 Å². The number of thiophene rings is 1. The summed E-state index contributed by atoms with van der Waals surface area (Å²) in [6, 6.07) is 7.28. The Hall–Kier alpha value is -1.23. The number of hydrogen-bond donors (Lipinski definition) is 1. The summed E-state index contributed by atoms with van der Waals surface area (Å²) in [5, 5.41) is 4.37. The van der Waals surface area contributed by atoms with Crippen LogP contribution in [-0.4, -0.2) is 22.5 Å². The van der Waals surface area contributed by atoms with Crippen molar-refractivity contribution in [2.24, 2.45) is 5.73 Å². The molecule has 3 heterocycles. The monoisotopic (exact) mass is 287 g/mol. The summed E-state index contributed by atoms with van der Waals surface area (Å²) in [6.07, 6.45) is 6.26. The van der Waals surface area contributed by atoms with Crippen LogP contribution in [0, 0.1) is 0 Å². The van der Waals surface area contributed by atoms with Gasteiger partial charge in [0.2, 0.25) is 0 Å². The van der Waals surface area contributed by atoms with E-state index in [0.29, 0.717) is 12.1 Å². The Morgan fingerprint density at radius 3 is 3.00 bits per heavy atom. The maximum atomic E-state index is 6.30. The number of pyridine rings is 1. The zero-order valence-corrected chi connectivity index (χ0v) is 12.6. The van der Waals surface area contributed by atoms with Gasteiger partial charge in [-0.15, -0.1) is 0 Å². The summed E-state index contributed by atoms with van der Waals surface area (Å²) >= 11 is 1.75. The summed E-state index contributed by atoms with van der Waals surface area (Å²) in [4.78, 5) is 6.83. The molecule has 2 N–H and O–H groups in total. The highest BCUT2D eigenvalue weighted by atomic mass is 32.1. The first-order valence-electron chi connectivity index (χ1n) is 7.20. The zero-order valence-electron chi connectivity index (χ0n) is 11.8. The highest BCUT2D eigenvalue weighted by Gasteiger charge is 2.34. The molecule has 20 heavy (non-hydrogen) atoms. The van der Waals surface area contributed by atoms with Gasteiger partial charge in [-0.2, -0.15) is 11.3 Å². The fraction of sp³-hybridized carbons (Fsp3) is 0.438. The zero-order chi connectivity index (χ0) is 13.9. The number of nitrogens with two attached hydrogens (primary N) is 1. The number of rotatable bonds is 4. The highest BCUT2D eigenvalue weighted by Crippen LogP contribution is 2.39. The van der Waals surface area contributed by atoms with E-state index in [2.05, 4.69) is 39.7 Å². The minimum absolute atomic E-state index is 0.127. The van der Waals surface area contributed by atoms with Crippen LogP contribution < -0.4 is 5.73 Å². The summed E-state index contributed by atoms with van der Waals surface area (Å²) in [6.45, 7) is 3.22.